The molecular formula is C10H18N4O2. The van der Waals surface area contributed by atoms with E-state index >= 15 is 0 Å². The van der Waals surface area contributed by atoms with Crippen LogP contribution in [0.1, 0.15) is 12.8 Å². The van der Waals surface area contributed by atoms with E-state index < -0.39 is 5.54 Å². The fourth-order valence-electron chi connectivity index (χ4n) is 2.48. The summed E-state index contributed by atoms with van der Waals surface area (Å²) in [5.74, 6) is 0.343. The Morgan fingerprint density at radius 2 is 2.19 bits per heavy atom. The van der Waals surface area contributed by atoms with E-state index in [2.05, 4.69) is 10.6 Å². The number of amidine groups is 1. The summed E-state index contributed by atoms with van der Waals surface area (Å²) in [5, 5.41) is 13.8. The van der Waals surface area contributed by atoms with Crippen molar-refractivity contribution >= 4 is 11.9 Å². The van der Waals surface area contributed by atoms with Crippen LogP contribution >= 0.6 is 0 Å². The van der Waals surface area contributed by atoms with Gasteiger partial charge in [0.2, 0.25) is 0 Å². The molecule has 2 aliphatic heterocycles. The summed E-state index contributed by atoms with van der Waals surface area (Å²) in [7, 11) is 1.62. The molecule has 2 saturated heterocycles. The number of hydrogen-bond acceptors (Lipinski definition) is 4. The predicted molar refractivity (Wildman–Crippen MR) is 59.7 cm³/mol. The van der Waals surface area contributed by atoms with Crippen molar-refractivity contribution in [3.05, 3.63) is 0 Å². The Morgan fingerprint density at radius 3 is 2.81 bits per heavy atom. The zero-order valence-electron chi connectivity index (χ0n) is 9.51. The fraction of sp³-hybridized carbons (Fsp3) is 0.800. The van der Waals surface area contributed by atoms with Gasteiger partial charge in [-0.1, -0.05) is 0 Å². The van der Waals surface area contributed by atoms with Crippen molar-refractivity contribution in [2.75, 3.05) is 33.4 Å². The number of hydrogen-bond donors (Lipinski definition) is 3. The number of methoxy groups -OCH3 is 1. The van der Waals surface area contributed by atoms with Gasteiger partial charge in [-0.2, -0.15) is 0 Å². The van der Waals surface area contributed by atoms with Crippen LogP contribution in [0, 0.1) is 5.41 Å². The number of carbonyl (C=O) groups is 1. The van der Waals surface area contributed by atoms with Crippen LogP contribution in [0.3, 0.4) is 0 Å². The first-order chi connectivity index (χ1) is 7.70. The van der Waals surface area contributed by atoms with Crippen molar-refractivity contribution < 1.29 is 9.53 Å². The maximum absolute atomic E-state index is 11.8. The lowest BCUT2D eigenvalue weighted by molar-refractivity contribution is 0.110. The Labute approximate surface area is 94.8 Å². The summed E-state index contributed by atoms with van der Waals surface area (Å²) in [5.41, 5.74) is -0.416. The molecule has 0 saturated carbocycles. The van der Waals surface area contributed by atoms with Crippen molar-refractivity contribution in [2.45, 2.75) is 18.4 Å². The first kappa shape index (κ1) is 11.3. The van der Waals surface area contributed by atoms with Crippen LogP contribution in [0.5, 0.6) is 0 Å². The number of amides is 2. The SMILES string of the molecule is COCCN1C(=O)NC(=N)C12CCNCC2. The summed E-state index contributed by atoms with van der Waals surface area (Å²) >= 11 is 0. The first-order valence-electron chi connectivity index (χ1n) is 5.58. The third kappa shape index (κ3) is 1.68. The van der Waals surface area contributed by atoms with Crippen LogP contribution in [0.2, 0.25) is 0 Å². The Balaban J connectivity index is 2.17. The van der Waals surface area contributed by atoms with Crippen LogP contribution in [-0.2, 0) is 4.74 Å². The van der Waals surface area contributed by atoms with E-state index in [-0.39, 0.29) is 6.03 Å². The zero-order valence-corrected chi connectivity index (χ0v) is 9.51. The van der Waals surface area contributed by atoms with Gasteiger partial charge >= 0.3 is 6.03 Å². The van der Waals surface area contributed by atoms with Gasteiger partial charge < -0.3 is 15.0 Å². The second-order valence-electron chi connectivity index (χ2n) is 4.23. The fourth-order valence-corrected chi connectivity index (χ4v) is 2.48. The first-order valence-corrected chi connectivity index (χ1v) is 5.58. The van der Waals surface area contributed by atoms with E-state index in [4.69, 9.17) is 10.1 Å². The molecule has 0 radical (unpaired) electrons. The summed E-state index contributed by atoms with van der Waals surface area (Å²) in [6.45, 7) is 2.75. The Kier molecular flexibility index (Phi) is 3.11. The Bertz CT molecular complexity index is 299. The molecule has 0 bridgehead atoms. The standard InChI is InChI=1S/C10H18N4O2/c1-16-7-6-14-9(15)13-8(11)10(14)2-4-12-5-3-10/h12H,2-7H2,1H3,(H2,11,13,15). The highest BCUT2D eigenvalue weighted by molar-refractivity contribution is 6.08. The molecule has 2 heterocycles. The minimum absolute atomic E-state index is 0.163. The highest BCUT2D eigenvalue weighted by atomic mass is 16.5. The van der Waals surface area contributed by atoms with Crippen molar-refractivity contribution in [3.8, 4) is 0 Å². The van der Waals surface area contributed by atoms with E-state index in [1.165, 1.54) is 0 Å². The van der Waals surface area contributed by atoms with Gasteiger partial charge in [-0.05, 0) is 25.9 Å². The number of urea groups is 1. The molecule has 2 aliphatic rings. The molecule has 0 atom stereocenters. The summed E-state index contributed by atoms with van der Waals surface area (Å²) < 4.78 is 5.01. The van der Waals surface area contributed by atoms with Crippen LogP contribution < -0.4 is 10.6 Å². The number of nitrogens with zero attached hydrogens (tertiary/aromatic N) is 1. The Morgan fingerprint density at radius 1 is 1.50 bits per heavy atom. The minimum Gasteiger partial charge on any atom is -0.383 e. The van der Waals surface area contributed by atoms with Crippen LogP contribution in [0.15, 0.2) is 0 Å². The van der Waals surface area contributed by atoms with Gasteiger partial charge in [-0.15, -0.1) is 0 Å². The zero-order chi connectivity index (χ0) is 11.6. The van der Waals surface area contributed by atoms with Crippen LogP contribution in [-0.4, -0.2) is 55.7 Å². The molecule has 2 amide bonds. The second kappa shape index (κ2) is 4.39. The minimum atomic E-state index is -0.416. The predicted octanol–water partition coefficient (Wildman–Crippen LogP) is -0.243. The van der Waals surface area contributed by atoms with Gasteiger partial charge in [-0.3, -0.25) is 10.7 Å². The maximum atomic E-state index is 11.8. The second-order valence-corrected chi connectivity index (χ2v) is 4.23. The molecule has 3 N–H and O–H groups in total. The average molecular weight is 226 g/mol. The lowest BCUT2D eigenvalue weighted by Gasteiger charge is -2.39. The molecule has 2 fully saturated rings. The van der Waals surface area contributed by atoms with Gasteiger partial charge in [-0.25, -0.2) is 4.79 Å². The van der Waals surface area contributed by atoms with E-state index in [0.717, 1.165) is 25.9 Å². The highest BCUT2D eigenvalue weighted by Gasteiger charge is 2.50. The molecule has 16 heavy (non-hydrogen) atoms. The average Bonchev–Trinajstić information content (AvgIpc) is 2.50. The molecule has 90 valence electrons. The van der Waals surface area contributed by atoms with E-state index in [1.54, 1.807) is 12.0 Å². The van der Waals surface area contributed by atoms with Gasteiger partial charge in [0, 0.05) is 13.7 Å². The van der Waals surface area contributed by atoms with Crippen LogP contribution in [0.4, 0.5) is 4.79 Å². The molecule has 0 aliphatic carbocycles. The molecule has 0 aromatic carbocycles. The van der Waals surface area contributed by atoms with Crippen molar-refractivity contribution in [1.82, 2.24) is 15.5 Å². The van der Waals surface area contributed by atoms with E-state index in [9.17, 15) is 4.79 Å². The highest BCUT2D eigenvalue weighted by Crippen LogP contribution is 2.30. The van der Waals surface area contributed by atoms with Gasteiger partial charge in [0.1, 0.15) is 11.4 Å². The van der Waals surface area contributed by atoms with Crippen molar-refractivity contribution in [2.24, 2.45) is 0 Å². The number of nitrogens with one attached hydrogen (secondary N) is 3. The normalized spacial score (nSPS) is 23.9. The quantitative estimate of drug-likeness (QED) is 0.621. The maximum Gasteiger partial charge on any atom is 0.323 e. The van der Waals surface area contributed by atoms with Crippen LogP contribution in [0.25, 0.3) is 0 Å². The van der Waals surface area contributed by atoms with E-state index in [0.29, 0.717) is 19.0 Å². The van der Waals surface area contributed by atoms with E-state index in [1.807, 2.05) is 0 Å². The van der Waals surface area contributed by atoms with Crippen molar-refractivity contribution in [1.29, 1.82) is 5.41 Å². The number of piperidine rings is 1. The number of rotatable bonds is 3. The van der Waals surface area contributed by atoms with Crippen molar-refractivity contribution in [3.63, 3.8) is 0 Å². The third-order valence-corrected chi connectivity index (χ3v) is 3.41. The molecule has 1 spiro atoms. The van der Waals surface area contributed by atoms with Gasteiger partial charge in [0.15, 0.2) is 0 Å². The largest absolute Gasteiger partial charge is 0.383 e. The molecular weight excluding hydrogens is 208 g/mol. The topological polar surface area (TPSA) is 77.5 Å². The lowest BCUT2D eigenvalue weighted by Crippen LogP contribution is -2.56. The molecule has 2 rings (SSSR count). The summed E-state index contributed by atoms with van der Waals surface area (Å²) in [4.78, 5) is 13.5. The van der Waals surface area contributed by atoms with Gasteiger partial charge in [0.05, 0.1) is 6.61 Å². The summed E-state index contributed by atoms with van der Waals surface area (Å²) in [6.07, 6.45) is 1.60. The lowest BCUT2D eigenvalue weighted by atomic mass is 9.86. The Hall–Kier alpha value is -1.14. The number of carbonyl (C=O) groups excluding carboxylic acids is 1. The molecule has 0 aromatic heterocycles. The molecule has 0 unspecified atom stereocenters. The smallest absolute Gasteiger partial charge is 0.323 e. The molecule has 6 nitrogen and oxygen atoms in total. The summed E-state index contributed by atoms with van der Waals surface area (Å²) in [6, 6.07) is -0.163. The monoisotopic (exact) mass is 226 g/mol. The molecule has 6 heteroatoms. The third-order valence-electron chi connectivity index (χ3n) is 3.41. The number of ether oxygens (including phenoxy) is 1. The molecule has 0 aromatic rings. The van der Waals surface area contributed by atoms with Gasteiger partial charge in [0.25, 0.3) is 0 Å².